The number of nitrogens with one attached hydrogen (secondary N) is 2. The number of rotatable bonds is 3. The number of benzene rings is 2. The fourth-order valence-corrected chi connectivity index (χ4v) is 3.14. The fraction of sp³-hybridized carbons (Fsp3) is 0.263. The van der Waals surface area contributed by atoms with Crippen molar-refractivity contribution in [1.82, 2.24) is 5.32 Å². The van der Waals surface area contributed by atoms with Crippen molar-refractivity contribution in [1.29, 1.82) is 0 Å². The van der Waals surface area contributed by atoms with Crippen LogP contribution in [0.25, 0.3) is 0 Å². The van der Waals surface area contributed by atoms with Crippen LogP contribution in [0.5, 0.6) is 11.5 Å². The predicted octanol–water partition coefficient (Wildman–Crippen LogP) is 2.52. The standard InChI is InChI=1S/C19H18FN3O4/c20-12-1-4-14(5-2-12)23-8-7-15(18(23)24)22-19(25)21-13-3-6-16-17(11-13)27-10-9-26-16/h1-6,11,15H,7-10H2,(H2,21,22,25)/t15-/m1/s1. The number of hydrogen-bond donors (Lipinski definition) is 2. The van der Waals surface area contributed by atoms with Gasteiger partial charge in [-0.05, 0) is 42.8 Å². The van der Waals surface area contributed by atoms with Crippen LogP contribution in [0, 0.1) is 5.82 Å². The van der Waals surface area contributed by atoms with E-state index in [9.17, 15) is 14.0 Å². The monoisotopic (exact) mass is 371 g/mol. The maximum atomic E-state index is 13.0. The zero-order valence-electron chi connectivity index (χ0n) is 14.4. The first kappa shape index (κ1) is 17.1. The van der Waals surface area contributed by atoms with Gasteiger partial charge in [0, 0.05) is 24.0 Å². The van der Waals surface area contributed by atoms with E-state index in [1.165, 1.54) is 17.0 Å². The molecule has 1 fully saturated rings. The smallest absolute Gasteiger partial charge is 0.319 e. The highest BCUT2D eigenvalue weighted by Gasteiger charge is 2.33. The van der Waals surface area contributed by atoms with Crippen LogP contribution in [0.2, 0.25) is 0 Å². The Balaban J connectivity index is 1.37. The van der Waals surface area contributed by atoms with Crippen molar-refractivity contribution in [2.24, 2.45) is 0 Å². The Morgan fingerprint density at radius 2 is 1.81 bits per heavy atom. The summed E-state index contributed by atoms with van der Waals surface area (Å²) in [6.45, 7) is 1.41. The van der Waals surface area contributed by atoms with E-state index >= 15 is 0 Å². The van der Waals surface area contributed by atoms with Gasteiger partial charge >= 0.3 is 6.03 Å². The maximum Gasteiger partial charge on any atom is 0.319 e. The molecule has 0 radical (unpaired) electrons. The quantitative estimate of drug-likeness (QED) is 0.869. The zero-order chi connectivity index (χ0) is 18.8. The fourth-order valence-electron chi connectivity index (χ4n) is 3.14. The summed E-state index contributed by atoms with van der Waals surface area (Å²) in [4.78, 5) is 26.3. The summed E-state index contributed by atoms with van der Waals surface area (Å²) in [5, 5.41) is 5.38. The van der Waals surface area contributed by atoms with Crippen LogP contribution in [0.3, 0.4) is 0 Å². The van der Waals surface area contributed by atoms with Gasteiger partial charge in [0.2, 0.25) is 5.91 Å². The van der Waals surface area contributed by atoms with Crippen molar-refractivity contribution >= 4 is 23.3 Å². The third-order valence-electron chi connectivity index (χ3n) is 4.45. The van der Waals surface area contributed by atoms with E-state index in [4.69, 9.17) is 9.47 Å². The Morgan fingerprint density at radius 1 is 1.07 bits per heavy atom. The second-order valence-corrected chi connectivity index (χ2v) is 6.26. The van der Waals surface area contributed by atoms with Crippen LogP contribution in [-0.2, 0) is 4.79 Å². The Kier molecular flexibility index (Phi) is 4.53. The summed E-state index contributed by atoms with van der Waals surface area (Å²) >= 11 is 0. The van der Waals surface area contributed by atoms with E-state index in [1.54, 1.807) is 30.3 Å². The molecule has 3 amide bonds. The molecule has 0 saturated carbocycles. The summed E-state index contributed by atoms with van der Waals surface area (Å²) in [6, 6.07) is 9.69. The number of urea groups is 1. The first-order valence-electron chi connectivity index (χ1n) is 8.64. The lowest BCUT2D eigenvalue weighted by molar-refractivity contribution is -0.118. The summed E-state index contributed by atoms with van der Waals surface area (Å²) in [7, 11) is 0. The molecule has 8 heteroatoms. The van der Waals surface area contributed by atoms with Crippen molar-refractivity contribution < 1.29 is 23.5 Å². The van der Waals surface area contributed by atoms with Gasteiger partial charge in [0.15, 0.2) is 11.5 Å². The summed E-state index contributed by atoms with van der Waals surface area (Å²) in [5.74, 6) is 0.615. The minimum Gasteiger partial charge on any atom is -0.486 e. The lowest BCUT2D eigenvalue weighted by Crippen LogP contribution is -2.43. The number of hydrogen-bond acceptors (Lipinski definition) is 4. The number of anilines is 2. The van der Waals surface area contributed by atoms with Gasteiger partial charge < -0.3 is 25.0 Å². The van der Waals surface area contributed by atoms with Gasteiger partial charge in [-0.3, -0.25) is 4.79 Å². The molecule has 2 aromatic rings. The Labute approximate surface area is 155 Å². The van der Waals surface area contributed by atoms with E-state index in [2.05, 4.69) is 10.6 Å². The highest BCUT2D eigenvalue weighted by atomic mass is 19.1. The van der Waals surface area contributed by atoms with Crippen LogP contribution in [0.4, 0.5) is 20.6 Å². The van der Waals surface area contributed by atoms with Crippen molar-refractivity contribution in [3.63, 3.8) is 0 Å². The topological polar surface area (TPSA) is 79.9 Å². The van der Waals surface area contributed by atoms with Gasteiger partial charge in [-0.1, -0.05) is 0 Å². The minimum atomic E-state index is -0.632. The number of carbonyl (C=O) groups is 2. The van der Waals surface area contributed by atoms with E-state index in [1.807, 2.05) is 0 Å². The molecule has 2 aliphatic heterocycles. The first-order chi connectivity index (χ1) is 13.1. The maximum absolute atomic E-state index is 13.0. The number of amides is 3. The number of carbonyl (C=O) groups excluding carboxylic acids is 2. The van der Waals surface area contributed by atoms with E-state index in [0.29, 0.717) is 49.1 Å². The number of nitrogens with zero attached hydrogens (tertiary/aromatic N) is 1. The van der Waals surface area contributed by atoms with Crippen molar-refractivity contribution in [3.05, 3.63) is 48.3 Å². The van der Waals surface area contributed by atoms with Crippen molar-refractivity contribution in [2.75, 3.05) is 30.0 Å². The Bertz CT molecular complexity index is 872. The average molecular weight is 371 g/mol. The molecule has 1 atom stereocenters. The molecule has 4 rings (SSSR count). The summed E-state index contributed by atoms with van der Waals surface area (Å²) in [6.07, 6.45) is 0.477. The molecule has 0 spiro atoms. The Morgan fingerprint density at radius 3 is 2.59 bits per heavy atom. The summed E-state index contributed by atoms with van der Waals surface area (Å²) < 4.78 is 24.0. The lowest BCUT2D eigenvalue weighted by Gasteiger charge is -2.19. The van der Waals surface area contributed by atoms with Crippen molar-refractivity contribution in [2.45, 2.75) is 12.5 Å². The second-order valence-electron chi connectivity index (χ2n) is 6.26. The van der Waals surface area contributed by atoms with Gasteiger partial charge in [-0.2, -0.15) is 0 Å². The van der Waals surface area contributed by atoms with Gasteiger partial charge in [0.1, 0.15) is 25.1 Å². The SMILES string of the molecule is O=C(Nc1ccc2c(c1)OCCO2)N[C@@H]1CCN(c2ccc(F)cc2)C1=O. The average Bonchev–Trinajstić information content (AvgIpc) is 3.02. The van der Waals surface area contributed by atoms with Crippen LogP contribution in [0.1, 0.15) is 6.42 Å². The van der Waals surface area contributed by atoms with E-state index in [0.717, 1.165) is 0 Å². The molecule has 140 valence electrons. The number of ether oxygens (including phenoxy) is 2. The number of halogens is 1. The van der Waals surface area contributed by atoms with Gasteiger partial charge in [-0.15, -0.1) is 0 Å². The van der Waals surface area contributed by atoms with Crippen LogP contribution >= 0.6 is 0 Å². The third kappa shape index (κ3) is 3.64. The molecule has 0 unspecified atom stereocenters. The first-order valence-corrected chi connectivity index (χ1v) is 8.64. The molecule has 2 heterocycles. The molecule has 0 aromatic heterocycles. The van der Waals surface area contributed by atoms with Gasteiger partial charge in [0.05, 0.1) is 0 Å². The molecule has 2 aliphatic rings. The van der Waals surface area contributed by atoms with Crippen LogP contribution in [0.15, 0.2) is 42.5 Å². The van der Waals surface area contributed by atoms with E-state index < -0.39 is 12.1 Å². The molecule has 1 saturated heterocycles. The minimum absolute atomic E-state index is 0.223. The Hall–Kier alpha value is -3.29. The molecule has 2 aromatic carbocycles. The molecular formula is C19H18FN3O4. The zero-order valence-corrected chi connectivity index (χ0v) is 14.4. The largest absolute Gasteiger partial charge is 0.486 e. The lowest BCUT2D eigenvalue weighted by atomic mass is 10.2. The van der Waals surface area contributed by atoms with Crippen LogP contribution in [-0.4, -0.2) is 37.7 Å². The molecule has 0 aliphatic carbocycles. The molecular weight excluding hydrogens is 353 g/mol. The highest BCUT2D eigenvalue weighted by Crippen LogP contribution is 2.32. The second kappa shape index (κ2) is 7.14. The van der Waals surface area contributed by atoms with Gasteiger partial charge in [0.25, 0.3) is 0 Å². The molecule has 7 nitrogen and oxygen atoms in total. The van der Waals surface area contributed by atoms with E-state index in [-0.39, 0.29) is 11.7 Å². The normalized spacial score (nSPS) is 18.3. The summed E-state index contributed by atoms with van der Waals surface area (Å²) in [5.41, 5.74) is 1.15. The predicted molar refractivity (Wildman–Crippen MR) is 96.7 cm³/mol. The molecule has 27 heavy (non-hydrogen) atoms. The number of fused-ring (bicyclic) bond motifs is 1. The third-order valence-corrected chi connectivity index (χ3v) is 4.45. The molecule has 0 bridgehead atoms. The molecule has 2 N–H and O–H groups in total. The highest BCUT2D eigenvalue weighted by molar-refractivity contribution is 6.02. The van der Waals surface area contributed by atoms with Crippen molar-refractivity contribution in [3.8, 4) is 11.5 Å². The van der Waals surface area contributed by atoms with Gasteiger partial charge in [-0.25, -0.2) is 9.18 Å². The van der Waals surface area contributed by atoms with Crippen LogP contribution < -0.4 is 25.0 Å².